The van der Waals surface area contributed by atoms with Gasteiger partial charge in [0, 0.05) is 23.1 Å². The monoisotopic (exact) mass is 330 g/mol. The maximum absolute atomic E-state index is 13.0. The first-order valence-electron chi connectivity index (χ1n) is 8.81. The topological polar surface area (TPSA) is 53.2 Å². The van der Waals surface area contributed by atoms with Crippen LogP contribution in [0.25, 0.3) is 0 Å². The molecule has 0 radical (unpaired) electrons. The number of carbonyl (C=O) groups is 1. The van der Waals surface area contributed by atoms with Gasteiger partial charge in [-0.3, -0.25) is 4.79 Å². The molecule has 3 aliphatic rings. The van der Waals surface area contributed by atoms with Crippen LogP contribution in [0.5, 0.6) is 0 Å². The molecule has 0 bridgehead atoms. The highest BCUT2D eigenvalue weighted by Gasteiger charge is 2.53. The van der Waals surface area contributed by atoms with E-state index in [0.29, 0.717) is 6.42 Å². The summed E-state index contributed by atoms with van der Waals surface area (Å²) < 4.78 is 0. The molecule has 2 aliphatic carbocycles. The second-order valence-electron chi connectivity index (χ2n) is 7.92. The molecule has 23 heavy (non-hydrogen) atoms. The summed E-state index contributed by atoms with van der Waals surface area (Å²) in [5, 5.41) is 10.9. The molecule has 0 amide bonds. The van der Waals surface area contributed by atoms with Crippen LogP contribution in [-0.4, -0.2) is 16.6 Å². The molecule has 1 spiro atoms. The number of carbonyl (C=O) groups excluding carboxylic acids is 1. The predicted octanol–water partition coefficient (Wildman–Crippen LogP) is 4.89. The summed E-state index contributed by atoms with van der Waals surface area (Å²) in [5.41, 5.74) is 1.66. The highest BCUT2D eigenvalue weighted by Crippen LogP contribution is 2.56. The van der Waals surface area contributed by atoms with Gasteiger partial charge in [0.15, 0.2) is 5.78 Å². The SMILES string of the molecule is CCSC1=NC2=C(C(=O)CC(C)(C)C2)C2(CCCCC2)C1C#N. The Labute approximate surface area is 143 Å². The molecule has 3 rings (SSSR count). The molecule has 1 atom stereocenters. The third-order valence-electron chi connectivity index (χ3n) is 5.56. The summed E-state index contributed by atoms with van der Waals surface area (Å²) in [6.45, 7) is 6.41. The van der Waals surface area contributed by atoms with E-state index < -0.39 is 0 Å². The van der Waals surface area contributed by atoms with Crippen LogP contribution in [0.1, 0.15) is 65.7 Å². The molecule has 1 heterocycles. The summed E-state index contributed by atoms with van der Waals surface area (Å²) in [5.74, 6) is 0.951. The van der Waals surface area contributed by atoms with Gasteiger partial charge in [-0.15, -0.1) is 11.8 Å². The number of hydrogen-bond acceptors (Lipinski definition) is 4. The van der Waals surface area contributed by atoms with Crippen LogP contribution in [0.2, 0.25) is 0 Å². The molecule has 1 fully saturated rings. The first-order valence-corrected chi connectivity index (χ1v) is 9.80. The minimum absolute atomic E-state index is 0.0171. The highest BCUT2D eigenvalue weighted by atomic mass is 32.2. The first-order chi connectivity index (χ1) is 10.9. The molecular formula is C19H26N2OS. The van der Waals surface area contributed by atoms with E-state index in [1.165, 1.54) is 6.42 Å². The number of Topliss-reactive ketones (excluding diaryl/α,β-unsaturated/α-hetero) is 1. The maximum Gasteiger partial charge on any atom is 0.161 e. The zero-order valence-corrected chi connectivity index (χ0v) is 15.3. The Bertz CT molecular complexity index is 618. The first kappa shape index (κ1) is 16.8. The normalized spacial score (nSPS) is 29.0. The zero-order valence-electron chi connectivity index (χ0n) is 14.4. The molecule has 3 nitrogen and oxygen atoms in total. The van der Waals surface area contributed by atoms with Crippen LogP contribution >= 0.6 is 11.8 Å². The van der Waals surface area contributed by atoms with Gasteiger partial charge in [-0.2, -0.15) is 5.26 Å². The van der Waals surface area contributed by atoms with E-state index >= 15 is 0 Å². The van der Waals surface area contributed by atoms with Crippen LogP contribution in [-0.2, 0) is 4.79 Å². The molecule has 1 unspecified atom stereocenters. The van der Waals surface area contributed by atoms with Crippen molar-refractivity contribution in [3.05, 3.63) is 11.3 Å². The van der Waals surface area contributed by atoms with Crippen molar-refractivity contribution >= 4 is 22.6 Å². The number of allylic oxidation sites excluding steroid dienone is 2. The standard InChI is InChI=1S/C19H26N2OS/c1-4-23-17-13(12-20)19(8-6-5-7-9-19)16-14(21-17)10-18(2,3)11-15(16)22/h13H,4-11H2,1-3H3. The quantitative estimate of drug-likeness (QED) is 0.688. The van der Waals surface area contributed by atoms with Crippen LogP contribution in [0.4, 0.5) is 0 Å². The van der Waals surface area contributed by atoms with Gasteiger partial charge in [0.2, 0.25) is 0 Å². The minimum Gasteiger partial charge on any atom is -0.294 e. The smallest absolute Gasteiger partial charge is 0.161 e. The minimum atomic E-state index is -0.255. The van der Waals surface area contributed by atoms with Crippen molar-refractivity contribution in [3.8, 4) is 6.07 Å². The van der Waals surface area contributed by atoms with Crippen LogP contribution in [0.3, 0.4) is 0 Å². The average molecular weight is 330 g/mol. The highest BCUT2D eigenvalue weighted by molar-refractivity contribution is 8.14. The summed E-state index contributed by atoms with van der Waals surface area (Å²) in [4.78, 5) is 17.9. The van der Waals surface area contributed by atoms with Crippen LogP contribution < -0.4 is 0 Å². The van der Waals surface area contributed by atoms with Gasteiger partial charge in [-0.05, 0) is 30.4 Å². The summed E-state index contributed by atoms with van der Waals surface area (Å²) in [6.07, 6.45) is 6.86. The zero-order chi connectivity index (χ0) is 16.7. The summed E-state index contributed by atoms with van der Waals surface area (Å²) >= 11 is 1.69. The number of fused-ring (bicyclic) bond motifs is 1. The Balaban J connectivity index is 2.16. The van der Waals surface area contributed by atoms with Gasteiger partial charge in [0.1, 0.15) is 5.92 Å². The van der Waals surface area contributed by atoms with Crippen molar-refractivity contribution in [1.82, 2.24) is 0 Å². The van der Waals surface area contributed by atoms with Crippen molar-refractivity contribution in [3.63, 3.8) is 0 Å². The average Bonchev–Trinajstić information content (AvgIpc) is 2.46. The molecule has 1 aliphatic heterocycles. The van der Waals surface area contributed by atoms with Gasteiger partial charge >= 0.3 is 0 Å². The third kappa shape index (κ3) is 2.78. The molecule has 4 heteroatoms. The Kier molecular flexibility index (Phi) is 4.44. The second-order valence-corrected chi connectivity index (χ2v) is 9.21. The fourth-order valence-corrected chi connectivity index (χ4v) is 5.61. The van der Waals surface area contributed by atoms with Crippen molar-refractivity contribution < 1.29 is 4.79 Å². The van der Waals surface area contributed by atoms with Crippen LogP contribution in [0.15, 0.2) is 16.3 Å². The molecular weight excluding hydrogens is 304 g/mol. The van der Waals surface area contributed by atoms with Crippen molar-refractivity contribution in [1.29, 1.82) is 5.26 Å². The number of rotatable bonds is 1. The van der Waals surface area contributed by atoms with E-state index in [1.54, 1.807) is 11.8 Å². The van der Waals surface area contributed by atoms with E-state index in [1.807, 2.05) is 0 Å². The van der Waals surface area contributed by atoms with Gasteiger partial charge in [0.25, 0.3) is 0 Å². The van der Waals surface area contributed by atoms with E-state index in [-0.39, 0.29) is 22.5 Å². The lowest BCUT2D eigenvalue weighted by atomic mass is 9.57. The Morgan fingerprint density at radius 3 is 2.57 bits per heavy atom. The molecule has 0 aromatic rings. The predicted molar refractivity (Wildman–Crippen MR) is 95.2 cm³/mol. The maximum atomic E-state index is 13.0. The largest absolute Gasteiger partial charge is 0.294 e. The van der Waals surface area contributed by atoms with Gasteiger partial charge < -0.3 is 0 Å². The Morgan fingerprint density at radius 1 is 1.26 bits per heavy atom. The molecule has 0 aromatic heterocycles. The lowest BCUT2D eigenvalue weighted by Crippen LogP contribution is -2.45. The molecule has 1 saturated carbocycles. The third-order valence-corrected chi connectivity index (χ3v) is 6.47. The number of aliphatic imine (C=N–C) groups is 1. The van der Waals surface area contributed by atoms with Crippen molar-refractivity contribution in [2.24, 2.45) is 21.7 Å². The molecule has 0 saturated heterocycles. The number of hydrogen-bond donors (Lipinski definition) is 0. The van der Waals surface area contributed by atoms with E-state index in [0.717, 1.165) is 54.2 Å². The van der Waals surface area contributed by atoms with Gasteiger partial charge in [0.05, 0.1) is 11.1 Å². The molecule has 124 valence electrons. The molecule has 0 aromatic carbocycles. The Morgan fingerprint density at radius 2 is 1.96 bits per heavy atom. The van der Waals surface area contributed by atoms with E-state index in [4.69, 9.17) is 4.99 Å². The van der Waals surface area contributed by atoms with Crippen molar-refractivity contribution in [2.45, 2.75) is 65.7 Å². The van der Waals surface area contributed by atoms with Crippen molar-refractivity contribution in [2.75, 3.05) is 5.75 Å². The van der Waals surface area contributed by atoms with Gasteiger partial charge in [-0.25, -0.2) is 4.99 Å². The second kappa shape index (κ2) is 6.09. The summed E-state index contributed by atoms with van der Waals surface area (Å²) in [6, 6.07) is 2.54. The van der Waals surface area contributed by atoms with Gasteiger partial charge in [-0.1, -0.05) is 40.0 Å². The van der Waals surface area contributed by atoms with E-state index in [2.05, 4.69) is 26.8 Å². The number of nitrogens with zero attached hydrogens (tertiary/aromatic N) is 2. The number of ketones is 1. The number of nitriles is 1. The lowest BCUT2D eigenvalue weighted by Gasteiger charge is -2.48. The number of thioether (sulfide) groups is 1. The summed E-state index contributed by atoms with van der Waals surface area (Å²) in [7, 11) is 0. The Hall–Kier alpha value is -1.08. The molecule has 0 N–H and O–H groups in total. The fraction of sp³-hybridized carbons (Fsp3) is 0.737. The lowest BCUT2D eigenvalue weighted by molar-refractivity contribution is -0.120. The van der Waals surface area contributed by atoms with E-state index in [9.17, 15) is 10.1 Å². The fourth-order valence-electron chi connectivity index (χ4n) is 4.69. The van der Waals surface area contributed by atoms with Crippen LogP contribution in [0, 0.1) is 28.1 Å².